The van der Waals surface area contributed by atoms with Gasteiger partial charge in [0.2, 0.25) is 5.78 Å². The number of nitrogens with zero attached hydrogens (tertiary/aromatic N) is 1. The second-order valence-electron chi connectivity index (χ2n) is 6.70. The molecule has 2 aromatic heterocycles. The first kappa shape index (κ1) is 18.7. The fourth-order valence-corrected chi connectivity index (χ4v) is 3.45. The largest absolute Gasteiger partial charge is 0.454 e. The number of H-pyrrole nitrogens is 1. The third-order valence-corrected chi connectivity index (χ3v) is 4.85. The van der Waals surface area contributed by atoms with Gasteiger partial charge in [-0.1, -0.05) is 60.6 Å². The fourth-order valence-electron chi connectivity index (χ4n) is 3.45. The molecular weight excluding hydrogens is 368 g/mol. The molecule has 0 aliphatic heterocycles. The van der Waals surface area contributed by atoms with Crippen LogP contribution in [0.25, 0.3) is 22.2 Å². The van der Waals surface area contributed by atoms with Gasteiger partial charge in [-0.3, -0.25) is 4.79 Å². The molecule has 0 atom stereocenters. The maximum absolute atomic E-state index is 13.1. The lowest BCUT2D eigenvalue weighted by Crippen LogP contribution is -2.16. The summed E-state index contributed by atoms with van der Waals surface area (Å²) in [7, 11) is 0. The van der Waals surface area contributed by atoms with Gasteiger partial charge in [-0.05, 0) is 25.0 Å². The van der Waals surface area contributed by atoms with Crippen LogP contribution in [0.15, 0.2) is 59.1 Å². The second-order valence-corrected chi connectivity index (χ2v) is 6.70. The lowest BCUT2D eigenvalue weighted by molar-refractivity contribution is 0.0472. The zero-order chi connectivity index (χ0) is 20.4. The van der Waals surface area contributed by atoms with E-state index in [1.54, 1.807) is 6.92 Å². The third kappa shape index (κ3) is 3.45. The first-order valence-corrected chi connectivity index (χ1v) is 9.41. The number of carbonyl (C=O) groups excluding carboxylic acids is 2. The number of nitrogens with one attached hydrogen (secondary N) is 1. The number of hydrogen-bond donors (Lipinski definition) is 1. The van der Waals surface area contributed by atoms with Crippen molar-refractivity contribution in [3.05, 3.63) is 77.2 Å². The molecule has 4 aromatic rings. The second kappa shape index (κ2) is 7.75. The van der Waals surface area contributed by atoms with Gasteiger partial charge >= 0.3 is 5.97 Å². The third-order valence-electron chi connectivity index (χ3n) is 4.85. The van der Waals surface area contributed by atoms with E-state index in [2.05, 4.69) is 10.1 Å². The number of aromatic nitrogens is 2. The Morgan fingerprint density at radius 2 is 1.76 bits per heavy atom. The molecule has 0 saturated carbocycles. The molecular formula is C23H20N2O4. The van der Waals surface area contributed by atoms with Crippen molar-refractivity contribution in [3.8, 4) is 11.3 Å². The zero-order valence-corrected chi connectivity index (χ0v) is 16.2. The Kier molecular flexibility index (Phi) is 4.99. The average molecular weight is 388 g/mol. The molecule has 0 unspecified atom stereocenters. The van der Waals surface area contributed by atoms with Crippen molar-refractivity contribution < 1.29 is 18.8 Å². The van der Waals surface area contributed by atoms with Gasteiger partial charge < -0.3 is 14.2 Å². The molecule has 6 nitrogen and oxygen atoms in total. The Bertz CT molecular complexity index is 1190. The highest BCUT2D eigenvalue weighted by atomic mass is 16.5. The molecule has 6 heteroatoms. The Morgan fingerprint density at radius 1 is 1.03 bits per heavy atom. The summed E-state index contributed by atoms with van der Waals surface area (Å²) in [6.07, 6.45) is 0.538. The van der Waals surface area contributed by atoms with Crippen LogP contribution in [0.2, 0.25) is 0 Å². The summed E-state index contributed by atoms with van der Waals surface area (Å²) in [5, 5.41) is 4.66. The minimum absolute atomic E-state index is 0.276. The molecule has 0 saturated heterocycles. The number of aromatic amines is 1. The molecule has 1 N–H and O–H groups in total. The van der Waals surface area contributed by atoms with Crippen LogP contribution in [0.3, 0.4) is 0 Å². The van der Waals surface area contributed by atoms with Crippen LogP contribution in [0.4, 0.5) is 0 Å². The van der Waals surface area contributed by atoms with Crippen LogP contribution in [0.5, 0.6) is 0 Å². The molecule has 29 heavy (non-hydrogen) atoms. The van der Waals surface area contributed by atoms with Crippen molar-refractivity contribution >= 4 is 22.7 Å². The molecule has 0 bridgehead atoms. The number of para-hydroxylation sites is 1. The maximum Gasteiger partial charge on any atom is 0.344 e. The number of aryl methyl sites for hydroxylation is 2. The molecule has 146 valence electrons. The van der Waals surface area contributed by atoms with Gasteiger partial charge in [0.1, 0.15) is 11.3 Å². The maximum atomic E-state index is 13.1. The van der Waals surface area contributed by atoms with Crippen LogP contribution in [-0.4, -0.2) is 28.5 Å². The Labute approximate surface area is 167 Å². The van der Waals surface area contributed by atoms with Crippen molar-refractivity contribution in [1.82, 2.24) is 10.1 Å². The summed E-state index contributed by atoms with van der Waals surface area (Å²) < 4.78 is 10.4. The fraction of sp³-hybridized carbons (Fsp3) is 0.174. The van der Waals surface area contributed by atoms with E-state index in [9.17, 15) is 9.59 Å². The first-order chi connectivity index (χ1) is 14.1. The summed E-state index contributed by atoms with van der Waals surface area (Å²) in [5.41, 5.74) is 3.78. The highest BCUT2D eigenvalue weighted by Crippen LogP contribution is 2.30. The van der Waals surface area contributed by atoms with E-state index in [4.69, 9.17) is 9.26 Å². The standard InChI is InChI=1S/C23H20N2O4/c1-3-17-20(14(2)29-25-17)23(27)28-13-19(26)21-16-11-7-8-12-18(16)24-22(21)15-9-5-4-6-10-15/h4-12,24H,3,13H2,1-2H3. The smallest absolute Gasteiger partial charge is 0.344 e. The van der Waals surface area contributed by atoms with Crippen molar-refractivity contribution in [2.75, 3.05) is 6.61 Å². The van der Waals surface area contributed by atoms with E-state index in [-0.39, 0.29) is 12.4 Å². The van der Waals surface area contributed by atoms with Crippen LogP contribution in [0, 0.1) is 6.92 Å². The molecule has 0 aliphatic carbocycles. The normalized spacial score (nSPS) is 11.0. The van der Waals surface area contributed by atoms with Crippen LogP contribution < -0.4 is 0 Å². The number of esters is 1. The highest BCUT2D eigenvalue weighted by molar-refractivity contribution is 6.14. The number of ketones is 1. The predicted octanol–water partition coefficient (Wildman–Crippen LogP) is 4.73. The monoisotopic (exact) mass is 388 g/mol. The summed E-state index contributed by atoms with van der Waals surface area (Å²) in [5.74, 6) is -0.492. The van der Waals surface area contributed by atoms with Crippen molar-refractivity contribution in [2.24, 2.45) is 0 Å². The number of hydrogen-bond acceptors (Lipinski definition) is 5. The molecule has 0 aliphatic rings. The quantitative estimate of drug-likeness (QED) is 0.381. The van der Waals surface area contributed by atoms with Crippen molar-refractivity contribution in [3.63, 3.8) is 0 Å². The van der Waals surface area contributed by atoms with Crippen LogP contribution in [-0.2, 0) is 11.2 Å². The van der Waals surface area contributed by atoms with Gasteiger partial charge in [0.05, 0.1) is 17.0 Å². The average Bonchev–Trinajstić information content (AvgIpc) is 3.32. The molecule has 2 heterocycles. The number of fused-ring (bicyclic) bond motifs is 1. The Hall–Kier alpha value is -3.67. The number of ether oxygens (including phenoxy) is 1. The minimum Gasteiger partial charge on any atom is -0.454 e. The highest BCUT2D eigenvalue weighted by Gasteiger charge is 2.24. The Balaban J connectivity index is 1.65. The molecule has 2 aromatic carbocycles. The molecule has 4 rings (SSSR count). The van der Waals surface area contributed by atoms with Crippen LogP contribution in [0.1, 0.15) is 39.1 Å². The number of Topliss-reactive ketones (excluding diaryl/α,β-unsaturated/α-hetero) is 1. The van der Waals surface area contributed by atoms with E-state index >= 15 is 0 Å². The van der Waals surface area contributed by atoms with Gasteiger partial charge in [0.25, 0.3) is 0 Å². The molecule has 0 radical (unpaired) electrons. The summed E-state index contributed by atoms with van der Waals surface area (Å²) in [4.78, 5) is 28.9. The minimum atomic E-state index is -0.602. The lowest BCUT2D eigenvalue weighted by atomic mass is 10.0. The first-order valence-electron chi connectivity index (χ1n) is 9.41. The van der Waals surface area contributed by atoms with E-state index in [0.717, 1.165) is 16.5 Å². The van der Waals surface area contributed by atoms with E-state index < -0.39 is 5.97 Å². The SMILES string of the molecule is CCc1noc(C)c1C(=O)OCC(=O)c1c(-c2ccccc2)[nH]c2ccccc12. The van der Waals surface area contributed by atoms with Gasteiger partial charge in [-0.15, -0.1) is 0 Å². The summed E-state index contributed by atoms with van der Waals surface area (Å²) >= 11 is 0. The summed E-state index contributed by atoms with van der Waals surface area (Å²) in [6.45, 7) is 3.16. The number of carbonyl (C=O) groups is 2. The van der Waals surface area contributed by atoms with E-state index in [1.807, 2.05) is 61.5 Å². The molecule has 0 spiro atoms. The zero-order valence-electron chi connectivity index (χ0n) is 16.2. The van der Waals surface area contributed by atoms with Crippen molar-refractivity contribution in [1.29, 1.82) is 0 Å². The van der Waals surface area contributed by atoms with E-state index in [0.29, 0.717) is 34.7 Å². The van der Waals surface area contributed by atoms with Gasteiger partial charge in [-0.25, -0.2) is 4.79 Å². The predicted molar refractivity (Wildman–Crippen MR) is 109 cm³/mol. The van der Waals surface area contributed by atoms with Gasteiger partial charge in [-0.2, -0.15) is 0 Å². The Morgan fingerprint density at radius 3 is 2.52 bits per heavy atom. The molecule has 0 fully saturated rings. The lowest BCUT2D eigenvalue weighted by Gasteiger charge is -2.07. The van der Waals surface area contributed by atoms with Crippen molar-refractivity contribution in [2.45, 2.75) is 20.3 Å². The van der Waals surface area contributed by atoms with Gasteiger partial charge in [0, 0.05) is 10.9 Å². The van der Waals surface area contributed by atoms with E-state index in [1.165, 1.54) is 0 Å². The van der Waals surface area contributed by atoms with Crippen LogP contribution >= 0.6 is 0 Å². The van der Waals surface area contributed by atoms with Gasteiger partial charge in [0.15, 0.2) is 6.61 Å². The summed E-state index contributed by atoms with van der Waals surface area (Å²) in [6, 6.07) is 17.2. The number of benzene rings is 2. The number of rotatable bonds is 6. The topological polar surface area (TPSA) is 85.2 Å². The molecule has 0 amide bonds.